The quantitative estimate of drug-likeness (QED) is 0.616. The van der Waals surface area contributed by atoms with E-state index in [1.54, 1.807) is 0 Å². The van der Waals surface area contributed by atoms with Gasteiger partial charge in [0.2, 0.25) is 0 Å². The number of aromatic nitrogens is 1. The molecule has 7 nitrogen and oxygen atoms in total. The molecule has 1 heterocycles. The van der Waals surface area contributed by atoms with Crippen LogP contribution in [0.25, 0.3) is 0 Å². The summed E-state index contributed by atoms with van der Waals surface area (Å²) < 4.78 is 4.66. The Kier molecular flexibility index (Phi) is 2.59. The first-order valence-electron chi connectivity index (χ1n) is 5.05. The minimum absolute atomic E-state index is 0.0113. The van der Waals surface area contributed by atoms with Gasteiger partial charge in [0.05, 0.1) is 4.92 Å². The van der Waals surface area contributed by atoms with E-state index in [0.29, 0.717) is 0 Å². The second-order valence-corrected chi connectivity index (χ2v) is 3.85. The Hall–Kier alpha value is -1.92. The topological polar surface area (TPSA) is 112 Å². The van der Waals surface area contributed by atoms with E-state index in [4.69, 9.17) is 5.73 Å². The molecule has 2 N–H and O–H groups in total. The van der Waals surface area contributed by atoms with Crippen molar-refractivity contribution in [2.24, 2.45) is 5.73 Å². The predicted molar refractivity (Wildman–Crippen MR) is 52.9 cm³/mol. The first-order chi connectivity index (χ1) is 7.61. The van der Waals surface area contributed by atoms with Crippen molar-refractivity contribution in [2.45, 2.75) is 31.6 Å². The summed E-state index contributed by atoms with van der Waals surface area (Å²) in [5.41, 5.74) is 4.89. The lowest BCUT2D eigenvalue weighted by Gasteiger charge is -2.01. The zero-order chi connectivity index (χ0) is 11.7. The number of nitrogens with two attached hydrogens (primary N) is 1. The van der Waals surface area contributed by atoms with Crippen LogP contribution in [0.5, 0.6) is 0 Å². The summed E-state index contributed by atoms with van der Waals surface area (Å²) in [6, 6.07) is 0. The molecule has 0 bridgehead atoms. The molecule has 1 aliphatic rings. The molecule has 7 heteroatoms. The molecule has 0 radical (unpaired) electrons. The van der Waals surface area contributed by atoms with Crippen molar-refractivity contribution < 1.29 is 14.2 Å². The van der Waals surface area contributed by atoms with Crippen LogP contribution in [0.1, 0.15) is 47.8 Å². The highest BCUT2D eigenvalue weighted by molar-refractivity contribution is 5.94. The van der Waals surface area contributed by atoms with Gasteiger partial charge >= 0.3 is 11.4 Å². The van der Waals surface area contributed by atoms with Gasteiger partial charge in [0.1, 0.15) is 0 Å². The van der Waals surface area contributed by atoms with Gasteiger partial charge in [-0.25, -0.2) is 0 Å². The number of hydrogen-bond donors (Lipinski definition) is 1. The first kappa shape index (κ1) is 10.6. The first-order valence-corrected chi connectivity index (χ1v) is 5.05. The standard InChI is InChI=1S/C9H11N3O4/c10-9(13)8-7(12(14)15)6(11-16-8)5-3-1-2-4-5/h5H,1-4H2,(H2,10,13). The Morgan fingerprint density at radius 1 is 1.50 bits per heavy atom. The number of hydrogen-bond acceptors (Lipinski definition) is 5. The molecular formula is C9H11N3O4. The summed E-state index contributed by atoms with van der Waals surface area (Å²) in [4.78, 5) is 21.2. The van der Waals surface area contributed by atoms with Gasteiger partial charge in [-0.1, -0.05) is 18.0 Å². The molecule has 1 amide bonds. The van der Waals surface area contributed by atoms with Crippen molar-refractivity contribution in [1.29, 1.82) is 0 Å². The molecule has 0 saturated heterocycles. The summed E-state index contributed by atoms with van der Waals surface area (Å²) >= 11 is 0. The van der Waals surface area contributed by atoms with E-state index in [2.05, 4.69) is 9.68 Å². The Balaban J connectivity index is 2.45. The SMILES string of the molecule is NC(=O)c1onc(C2CCCC2)c1[N+](=O)[O-]. The number of amides is 1. The summed E-state index contributed by atoms with van der Waals surface area (Å²) in [7, 11) is 0. The molecule has 0 atom stereocenters. The monoisotopic (exact) mass is 225 g/mol. The van der Waals surface area contributed by atoms with E-state index in [0.717, 1.165) is 25.7 Å². The van der Waals surface area contributed by atoms with E-state index in [-0.39, 0.29) is 17.3 Å². The largest absolute Gasteiger partial charge is 0.363 e. The van der Waals surface area contributed by atoms with Gasteiger partial charge in [-0.3, -0.25) is 14.9 Å². The van der Waals surface area contributed by atoms with Gasteiger partial charge in [0.15, 0.2) is 5.69 Å². The lowest BCUT2D eigenvalue weighted by molar-refractivity contribution is -0.386. The highest BCUT2D eigenvalue weighted by Gasteiger charge is 2.35. The fraction of sp³-hybridized carbons (Fsp3) is 0.556. The van der Waals surface area contributed by atoms with Crippen LogP contribution in [0.4, 0.5) is 5.69 Å². The van der Waals surface area contributed by atoms with Crippen LogP contribution in [0.15, 0.2) is 4.52 Å². The van der Waals surface area contributed by atoms with Crippen LogP contribution < -0.4 is 5.73 Å². The van der Waals surface area contributed by atoms with Crippen LogP contribution >= 0.6 is 0 Å². The maximum Gasteiger partial charge on any atom is 0.345 e. The Bertz CT molecular complexity index is 434. The number of nitrogens with zero attached hydrogens (tertiary/aromatic N) is 2. The van der Waals surface area contributed by atoms with Crippen LogP contribution in [-0.4, -0.2) is 16.0 Å². The molecule has 16 heavy (non-hydrogen) atoms. The van der Waals surface area contributed by atoms with Crippen LogP contribution in [0.3, 0.4) is 0 Å². The number of nitro groups is 1. The molecule has 1 aliphatic carbocycles. The molecule has 0 aromatic carbocycles. The smallest absolute Gasteiger partial charge is 0.345 e. The predicted octanol–water partition coefficient (Wildman–Crippen LogP) is 1.34. The van der Waals surface area contributed by atoms with Crippen LogP contribution in [-0.2, 0) is 0 Å². The van der Waals surface area contributed by atoms with Gasteiger partial charge in [-0.2, -0.15) is 0 Å². The van der Waals surface area contributed by atoms with Crippen molar-refractivity contribution in [3.05, 3.63) is 21.6 Å². The molecule has 1 aromatic rings. The van der Waals surface area contributed by atoms with Gasteiger partial charge in [0, 0.05) is 5.92 Å². The van der Waals surface area contributed by atoms with Crippen molar-refractivity contribution in [1.82, 2.24) is 5.16 Å². The molecule has 1 saturated carbocycles. The van der Waals surface area contributed by atoms with E-state index in [1.165, 1.54) is 0 Å². The fourth-order valence-electron chi connectivity index (χ4n) is 2.10. The van der Waals surface area contributed by atoms with E-state index in [9.17, 15) is 14.9 Å². The molecule has 0 aliphatic heterocycles. The highest BCUT2D eigenvalue weighted by atomic mass is 16.6. The number of carbonyl (C=O) groups excluding carboxylic acids is 1. The Morgan fingerprint density at radius 2 is 2.12 bits per heavy atom. The molecule has 0 spiro atoms. The minimum atomic E-state index is -0.955. The van der Waals surface area contributed by atoms with Gasteiger partial charge < -0.3 is 10.3 Å². The lowest BCUT2D eigenvalue weighted by atomic mass is 10.0. The minimum Gasteiger partial charge on any atom is -0.363 e. The summed E-state index contributed by atoms with van der Waals surface area (Å²) in [5, 5.41) is 14.5. The molecule has 1 fully saturated rings. The maximum atomic E-state index is 10.9. The zero-order valence-electron chi connectivity index (χ0n) is 8.51. The van der Waals surface area contributed by atoms with Crippen molar-refractivity contribution in [2.75, 3.05) is 0 Å². The van der Waals surface area contributed by atoms with Crippen LogP contribution in [0.2, 0.25) is 0 Å². The fourth-order valence-corrected chi connectivity index (χ4v) is 2.10. The molecule has 86 valence electrons. The average Bonchev–Trinajstić information content (AvgIpc) is 2.85. The van der Waals surface area contributed by atoms with Gasteiger partial charge in [0.25, 0.3) is 5.91 Å². The highest BCUT2D eigenvalue weighted by Crippen LogP contribution is 2.39. The zero-order valence-corrected chi connectivity index (χ0v) is 8.51. The van der Waals surface area contributed by atoms with E-state index < -0.39 is 16.6 Å². The molecule has 1 aromatic heterocycles. The van der Waals surface area contributed by atoms with E-state index in [1.807, 2.05) is 0 Å². The van der Waals surface area contributed by atoms with Gasteiger partial charge in [-0.05, 0) is 12.8 Å². The second kappa shape index (κ2) is 3.92. The third kappa shape index (κ3) is 1.64. The maximum absolute atomic E-state index is 10.9. The summed E-state index contributed by atoms with van der Waals surface area (Å²) in [6.45, 7) is 0. The average molecular weight is 225 g/mol. The normalized spacial score (nSPS) is 16.5. The Morgan fingerprint density at radius 3 is 2.62 bits per heavy atom. The number of primary amides is 1. The van der Waals surface area contributed by atoms with Crippen molar-refractivity contribution in [3.63, 3.8) is 0 Å². The summed E-state index contributed by atoms with van der Waals surface area (Å²) in [5.74, 6) is -1.40. The number of carbonyl (C=O) groups is 1. The summed E-state index contributed by atoms with van der Waals surface area (Å²) in [6.07, 6.45) is 3.71. The molecule has 2 rings (SSSR count). The second-order valence-electron chi connectivity index (χ2n) is 3.85. The number of rotatable bonds is 3. The molecule has 0 unspecified atom stereocenters. The van der Waals surface area contributed by atoms with Crippen molar-refractivity contribution in [3.8, 4) is 0 Å². The van der Waals surface area contributed by atoms with Gasteiger partial charge in [-0.15, -0.1) is 0 Å². The third-order valence-electron chi connectivity index (χ3n) is 2.84. The lowest BCUT2D eigenvalue weighted by Crippen LogP contribution is -2.12. The third-order valence-corrected chi connectivity index (χ3v) is 2.84. The van der Waals surface area contributed by atoms with E-state index >= 15 is 0 Å². The van der Waals surface area contributed by atoms with Crippen LogP contribution in [0, 0.1) is 10.1 Å². The molecular weight excluding hydrogens is 214 g/mol. The van der Waals surface area contributed by atoms with Crippen molar-refractivity contribution >= 4 is 11.6 Å². The Labute approximate surface area is 90.7 Å².